The maximum atomic E-state index is 13.3. The molecule has 0 spiro atoms. The van der Waals surface area contributed by atoms with E-state index < -0.39 is 0 Å². The van der Waals surface area contributed by atoms with E-state index in [1.54, 1.807) is 11.9 Å². The molecule has 0 aromatic heterocycles. The van der Waals surface area contributed by atoms with Gasteiger partial charge in [0.2, 0.25) is 11.8 Å². The van der Waals surface area contributed by atoms with Crippen molar-refractivity contribution < 1.29 is 14.7 Å². The molecule has 3 heterocycles. The number of fused-ring (bicyclic) bond motifs is 2. The van der Waals surface area contributed by atoms with Crippen LogP contribution in [0, 0.1) is 11.8 Å². The lowest BCUT2D eigenvalue weighted by Crippen LogP contribution is -2.56. The van der Waals surface area contributed by atoms with Crippen LogP contribution in [-0.2, 0) is 9.59 Å². The Morgan fingerprint density at radius 1 is 1.17 bits per heavy atom. The third kappa shape index (κ3) is 3.45. The predicted octanol–water partition coefficient (Wildman–Crippen LogP) is -0.199. The lowest BCUT2D eigenvalue weighted by molar-refractivity contribution is -0.140. The van der Waals surface area contributed by atoms with Gasteiger partial charge in [-0.2, -0.15) is 0 Å². The molecule has 2 amide bonds. The van der Waals surface area contributed by atoms with E-state index in [0.29, 0.717) is 25.0 Å². The quantitative estimate of drug-likeness (QED) is 0.453. The Morgan fingerprint density at radius 3 is 2.67 bits per heavy atom. The van der Waals surface area contributed by atoms with Gasteiger partial charge < -0.3 is 20.2 Å². The van der Waals surface area contributed by atoms with Crippen molar-refractivity contribution in [3.63, 3.8) is 0 Å². The number of hydrogen-bond donors (Lipinski definition) is 4. The van der Waals surface area contributed by atoms with Gasteiger partial charge in [0.1, 0.15) is 6.04 Å². The molecule has 2 saturated carbocycles. The molecule has 3 aliphatic heterocycles. The van der Waals surface area contributed by atoms with E-state index >= 15 is 0 Å². The normalized spacial score (nSPS) is 41.8. The van der Waals surface area contributed by atoms with E-state index in [9.17, 15) is 14.7 Å². The molecule has 8 nitrogen and oxygen atoms in total. The molecule has 3 saturated heterocycles. The largest absolute Gasteiger partial charge is 0.394 e. The second-order valence-electron chi connectivity index (χ2n) is 10.1. The van der Waals surface area contributed by atoms with Gasteiger partial charge in [0.05, 0.1) is 18.2 Å². The van der Waals surface area contributed by atoms with Crippen molar-refractivity contribution in [2.45, 2.75) is 80.0 Å². The van der Waals surface area contributed by atoms with Crippen molar-refractivity contribution in [3.05, 3.63) is 0 Å². The highest BCUT2D eigenvalue weighted by Gasteiger charge is 2.53. The number of likely N-dealkylation sites (tertiary alicyclic amines) is 1. The molecule has 7 unspecified atom stereocenters. The van der Waals surface area contributed by atoms with Crippen LogP contribution in [0.25, 0.3) is 0 Å². The Bertz CT molecular complexity index is 704. The third-order valence-electron chi connectivity index (χ3n) is 8.45. The number of aliphatic hydroxyl groups is 1. The summed E-state index contributed by atoms with van der Waals surface area (Å²) in [4.78, 5) is 30.2. The van der Waals surface area contributed by atoms with Gasteiger partial charge in [-0.3, -0.25) is 15.0 Å². The molecule has 5 fully saturated rings. The molecule has 4 N–H and O–H groups in total. The van der Waals surface area contributed by atoms with Crippen molar-refractivity contribution in [2.75, 3.05) is 26.7 Å². The van der Waals surface area contributed by atoms with E-state index in [1.807, 2.05) is 4.90 Å². The standard InChI is InChI=1S/C21H34ClN5O3/c1-26(21(11-28)6-7-21)20(30)18-13-10-27(8-5-16(13)24-25-18)19(29)17-9-12-14(22)3-2-4-15(12)23-17/h12-18,23-25,28H,2-11H2,1H3. The summed E-state index contributed by atoms with van der Waals surface area (Å²) in [5.74, 6) is 0.590. The first-order valence-electron chi connectivity index (χ1n) is 11.5. The van der Waals surface area contributed by atoms with Crippen LogP contribution in [0.3, 0.4) is 0 Å². The second-order valence-corrected chi connectivity index (χ2v) is 10.6. The molecule has 168 valence electrons. The molecule has 2 aliphatic carbocycles. The van der Waals surface area contributed by atoms with E-state index in [1.165, 1.54) is 0 Å². The highest BCUT2D eigenvalue weighted by molar-refractivity contribution is 6.20. The Kier molecular flexibility index (Phi) is 5.51. The van der Waals surface area contributed by atoms with Crippen LogP contribution in [0.4, 0.5) is 0 Å². The van der Waals surface area contributed by atoms with Gasteiger partial charge in [0, 0.05) is 43.5 Å². The Hall–Kier alpha value is -0.930. The van der Waals surface area contributed by atoms with Crippen LogP contribution in [0.1, 0.15) is 44.9 Å². The molecule has 9 heteroatoms. The minimum Gasteiger partial charge on any atom is -0.394 e. The van der Waals surface area contributed by atoms with E-state index in [-0.39, 0.29) is 53.4 Å². The maximum Gasteiger partial charge on any atom is 0.241 e. The summed E-state index contributed by atoms with van der Waals surface area (Å²) in [5.41, 5.74) is 6.08. The zero-order valence-electron chi connectivity index (χ0n) is 17.6. The highest BCUT2D eigenvalue weighted by atomic mass is 35.5. The molecular formula is C21H34ClN5O3. The lowest BCUT2D eigenvalue weighted by Gasteiger charge is -2.38. The van der Waals surface area contributed by atoms with Crippen molar-refractivity contribution in [1.82, 2.24) is 26.0 Å². The number of likely N-dealkylation sites (N-methyl/N-ethyl adjacent to an activating group) is 1. The van der Waals surface area contributed by atoms with Crippen LogP contribution in [0.5, 0.6) is 0 Å². The first-order valence-corrected chi connectivity index (χ1v) is 12.0. The smallest absolute Gasteiger partial charge is 0.241 e. The van der Waals surface area contributed by atoms with Gasteiger partial charge in [0.15, 0.2) is 0 Å². The van der Waals surface area contributed by atoms with Gasteiger partial charge in [0.25, 0.3) is 0 Å². The first kappa shape index (κ1) is 20.9. The van der Waals surface area contributed by atoms with Crippen molar-refractivity contribution in [1.29, 1.82) is 0 Å². The average molecular weight is 440 g/mol. The number of hydrogen-bond acceptors (Lipinski definition) is 6. The summed E-state index contributed by atoms with van der Waals surface area (Å²) < 4.78 is 0. The second kappa shape index (κ2) is 7.89. The van der Waals surface area contributed by atoms with Crippen molar-refractivity contribution in [3.8, 4) is 0 Å². The number of carbonyl (C=O) groups excluding carboxylic acids is 2. The van der Waals surface area contributed by atoms with Crippen molar-refractivity contribution in [2.24, 2.45) is 11.8 Å². The Labute approximate surface area is 183 Å². The van der Waals surface area contributed by atoms with E-state index in [2.05, 4.69) is 16.2 Å². The number of alkyl halides is 1. The van der Waals surface area contributed by atoms with E-state index in [0.717, 1.165) is 44.9 Å². The molecule has 7 atom stereocenters. The number of nitrogens with zero attached hydrogens (tertiary/aromatic N) is 2. The zero-order chi connectivity index (χ0) is 21.0. The predicted molar refractivity (Wildman–Crippen MR) is 113 cm³/mol. The summed E-state index contributed by atoms with van der Waals surface area (Å²) in [6.07, 6.45) is 6.63. The topological polar surface area (TPSA) is 96.9 Å². The summed E-state index contributed by atoms with van der Waals surface area (Å²) in [6, 6.07) is 0.0240. The molecule has 5 rings (SSSR count). The fourth-order valence-electron chi connectivity index (χ4n) is 6.16. The lowest BCUT2D eigenvalue weighted by atomic mass is 9.84. The summed E-state index contributed by atoms with van der Waals surface area (Å²) in [6.45, 7) is 1.30. The Balaban J connectivity index is 1.24. The molecular weight excluding hydrogens is 406 g/mol. The first-order chi connectivity index (χ1) is 14.4. The molecule has 5 aliphatic rings. The minimum atomic E-state index is -0.386. The van der Waals surface area contributed by atoms with Crippen molar-refractivity contribution >= 4 is 23.4 Å². The third-order valence-corrected chi connectivity index (χ3v) is 8.99. The fourth-order valence-corrected chi connectivity index (χ4v) is 6.59. The molecule has 30 heavy (non-hydrogen) atoms. The summed E-state index contributed by atoms with van der Waals surface area (Å²) in [5, 5.41) is 13.4. The number of amides is 2. The number of hydrazine groups is 1. The van der Waals surface area contributed by atoms with Gasteiger partial charge in [-0.1, -0.05) is 6.42 Å². The molecule has 0 bridgehead atoms. The average Bonchev–Trinajstić information content (AvgIpc) is 3.25. The SMILES string of the molecule is CN(C(=O)C1NNC2CCN(C(=O)C3CC4C(Cl)CCCC4N3)CC21)C1(CO)CC1. The zero-order valence-corrected chi connectivity index (χ0v) is 18.4. The number of piperidine rings is 1. The van der Waals surface area contributed by atoms with Gasteiger partial charge in [-0.25, -0.2) is 5.43 Å². The number of nitrogens with one attached hydrogen (secondary N) is 3. The van der Waals surface area contributed by atoms with Crippen LogP contribution in [0.2, 0.25) is 0 Å². The summed E-state index contributed by atoms with van der Waals surface area (Å²) in [7, 11) is 1.79. The number of halogens is 1. The number of carbonyl (C=O) groups is 2. The summed E-state index contributed by atoms with van der Waals surface area (Å²) >= 11 is 6.54. The molecule has 0 aromatic rings. The highest BCUT2D eigenvalue weighted by Crippen LogP contribution is 2.41. The van der Waals surface area contributed by atoms with Crippen LogP contribution in [-0.4, -0.2) is 88.5 Å². The monoisotopic (exact) mass is 439 g/mol. The van der Waals surface area contributed by atoms with Gasteiger partial charge in [-0.05, 0) is 44.4 Å². The van der Waals surface area contributed by atoms with Gasteiger partial charge >= 0.3 is 0 Å². The minimum absolute atomic E-state index is 0.00530. The Morgan fingerprint density at radius 2 is 1.97 bits per heavy atom. The number of rotatable bonds is 4. The van der Waals surface area contributed by atoms with E-state index in [4.69, 9.17) is 11.6 Å². The number of aliphatic hydroxyl groups excluding tert-OH is 1. The van der Waals surface area contributed by atoms with Crippen LogP contribution < -0.4 is 16.2 Å². The molecule has 0 aromatic carbocycles. The maximum absolute atomic E-state index is 13.3. The fraction of sp³-hybridized carbons (Fsp3) is 0.905. The van der Waals surface area contributed by atoms with Crippen LogP contribution >= 0.6 is 11.6 Å². The molecule has 0 radical (unpaired) electrons. The van der Waals surface area contributed by atoms with Crippen LogP contribution in [0.15, 0.2) is 0 Å². The van der Waals surface area contributed by atoms with Gasteiger partial charge in [-0.15, -0.1) is 11.6 Å².